The number of benzene rings is 2. The van der Waals surface area contributed by atoms with Gasteiger partial charge in [0.05, 0.1) is 5.56 Å². The molecule has 6 nitrogen and oxygen atoms in total. The molecule has 0 radical (unpaired) electrons. The summed E-state index contributed by atoms with van der Waals surface area (Å²) in [6.45, 7) is 0.613. The molecule has 1 aromatic heterocycles. The molecule has 0 atom stereocenters. The van der Waals surface area contributed by atoms with Crippen LogP contribution in [0.2, 0.25) is 5.02 Å². The molecule has 0 bridgehead atoms. The van der Waals surface area contributed by atoms with Crippen molar-refractivity contribution in [3.8, 4) is 0 Å². The fourth-order valence-electron chi connectivity index (χ4n) is 3.94. The molecule has 0 unspecified atom stereocenters. The fraction of sp³-hybridized carbons (Fsp3) is 0.269. The van der Waals surface area contributed by atoms with Gasteiger partial charge in [-0.1, -0.05) is 41.9 Å². The molecule has 0 saturated carbocycles. The molecule has 3 N–H and O–H groups in total. The Balaban J connectivity index is 1.38. The van der Waals surface area contributed by atoms with Crippen molar-refractivity contribution in [2.45, 2.75) is 38.6 Å². The van der Waals surface area contributed by atoms with Crippen LogP contribution in [0.3, 0.4) is 0 Å². The summed E-state index contributed by atoms with van der Waals surface area (Å²) < 4.78 is 0. The van der Waals surface area contributed by atoms with Gasteiger partial charge < -0.3 is 16.0 Å². The number of anilines is 1. The Morgan fingerprint density at radius 2 is 1.62 bits per heavy atom. The van der Waals surface area contributed by atoms with E-state index in [0.29, 0.717) is 27.7 Å². The predicted molar refractivity (Wildman–Crippen MR) is 136 cm³/mol. The Morgan fingerprint density at radius 1 is 0.882 bits per heavy atom. The summed E-state index contributed by atoms with van der Waals surface area (Å²) in [5.74, 6) is -0.682. The van der Waals surface area contributed by atoms with Gasteiger partial charge in [0.15, 0.2) is 0 Å². The molecule has 1 heterocycles. The van der Waals surface area contributed by atoms with Crippen LogP contribution in [0, 0.1) is 0 Å². The second kappa shape index (κ2) is 11.3. The average molecular weight is 496 g/mol. The second-order valence-electron chi connectivity index (χ2n) is 8.14. The van der Waals surface area contributed by atoms with Crippen molar-refractivity contribution in [2.75, 3.05) is 11.9 Å². The summed E-state index contributed by atoms with van der Waals surface area (Å²) in [5.41, 5.74) is 3.12. The fourth-order valence-corrected chi connectivity index (χ4v) is 5.37. The van der Waals surface area contributed by atoms with Crippen molar-refractivity contribution in [3.63, 3.8) is 0 Å². The smallest absolute Gasteiger partial charge is 0.254 e. The van der Waals surface area contributed by atoms with Gasteiger partial charge in [0.25, 0.3) is 11.8 Å². The van der Waals surface area contributed by atoms with Gasteiger partial charge in [0.1, 0.15) is 5.00 Å². The van der Waals surface area contributed by atoms with E-state index >= 15 is 0 Å². The molecule has 0 saturated heterocycles. The highest BCUT2D eigenvalue weighted by atomic mass is 35.5. The number of nitrogens with one attached hydrogen (secondary N) is 3. The average Bonchev–Trinajstić information content (AvgIpc) is 3.21. The number of fused-ring (bicyclic) bond motifs is 1. The van der Waals surface area contributed by atoms with Gasteiger partial charge in [-0.3, -0.25) is 14.4 Å². The second-order valence-corrected chi connectivity index (χ2v) is 9.69. The number of hydrogen-bond donors (Lipinski definition) is 3. The Labute approximate surface area is 207 Å². The number of carbonyl (C=O) groups is 3. The van der Waals surface area contributed by atoms with Gasteiger partial charge >= 0.3 is 0 Å². The number of amides is 3. The maximum atomic E-state index is 13.1. The topological polar surface area (TPSA) is 87.3 Å². The predicted octanol–water partition coefficient (Wildman–Crippen LogP) is 4.97. The highest BCUT2D eigenvalue weighted by Gasteiger charge is 2.26. The summed E-state index contributed by atoms with van der Waals surface area (Å²) in [4.78, 5) is 39.1. The number of hydrogen-bond acceptors (Lipinski definition) is 4. The van der Waals surface area contributed by atoms with Crippen molar-refractivity contribution in [1.82, 2.24) is 10.6 Å². The van der Waals surface area contributed by atoms with E-state index in [1.165, 1.54) is 16.2 Å². The van der Waals surface area contributed by atoms with E-state index in [2.05, 4.69) is 16.0 Å². The van der Waals surface area contributed by atoms with Crippen molar-refractivity contribution in [2.24, 2.45) is 0 Å². The lowest BCUT2D eigenvalue weighted by Crippen LogP contribution is -2.28. The lowest BCUT2D eigenvalue weighted by Gasteiger charge is -2.13. The summed E-state index contributed by atoms with van der Waals surface area (Å²) in [5, 5.41) is 9.80. The highest BCUT2D eigenvalue weighted by molar-refractivity contribution is 7.17. The van der Waals surface area contributed by atoms with Crippen LogP contribution in [0.15, 0.2) is 54.6 Å². The monoisotopic (exact) mass is 495 g/mol. The third-order valence-corrected chi connectivity index (χ3v) is 7.15. The molecule has 4 rings (SSSR count). The Kier molecular flexibility index (Phi) is 7.98. The van der Waals surface area contributed by atoms with Crippen molar-refractivity contribution >= 4 is 45.7 Å². The van der Waals surface area contributed by atoms with Crippen LogP contribution < -0.4 is 16.0 Å². The highest BCUT2D eigenvalue weighted by Crippen LogP contribution is 2.38. The van der Waals surface area contributed by atoms with Crippen LogP contribution in [0.1, 0.15) is 56.0 Å². The van der Waals surface area contributed by atoms with E-state index in [4.69, 9.17) is 11.6 Å². The Bertz CT molecular complexity index is 1180. The first-order valence-electron chi connectivity index (χ1n) is 11.3. The van der Waals surface area contributed by atoms with Crippen molar-refractivity contribution in [1.29, 1.82) is 0 Å². The summed E-state index contributed by atoms with van der Waals surface area (Å²) in [6, 6.07) is 16.3. The van der Waals surface area contributed by atoms with E-state index in [0.717, 1.165) is 36.8 Å². The normalized spacial score (nSPS) is 12.5. The van der Waals surface area contributed by atoms with Gasteiger partial charge in [-0.25, -0.2) is 0 Å². The van der Waals surface area contributed by atoms with Crippen LogP contribution in [-0.4, -0.2) is 24.3 Å². The quantitative estimate of drug-likeness (QED) is 0.412. The van der Waals surface area contributed by atoms with Crippen molar-refractivity contribution in [3.05, 3.63) is 86.8 Å². The van der Waals surface area contributed by atoms with E-state index in [-0.39, 0.29) is 30.7 Å². The lowest BCUT2D eigenvalue weighted by molar-refractivity contribution is -0.116. The van der Waals surface area contributed by atoms with Gasteiger partial charge in [-0.15, -0.1) is 11.3 Å². The van der Waals surface area contributed by atoms with Crippen LogP contribution in [0.4, 0.5) is 5.00 Å². The van der Waals surface area contributed by atoms with Crippen molar-refractivity contribution < 1.29 is 14.4 Å². The summed E-state index contributed by atoms with van der Waals surface area (Å²) in [7, 11) is 0. The number of rotatable bonds is 8. The van der Waals surface area contributed by atoms with Gasteiger partial charge in [0, 0.05) is 35.0 Å². The zero-order chi connectivity index (χ0) is 23.9. The maximum Gasteiger partial charge on any atom is 0.254 e. The van der Waals surface area contributed by atoms with E-state index in [9.17, 15) is 14.4 Å². The molecule has 0 spiro atoms. The first kappa shape index (κ1) is 24.0. The lowest BCUT2D eigenvalue weighted by atomic mass is 9.95. The Hall–Kier alpha value is -3.16. The molecule has 2 aromatic carbocycles. The van der Waals surface area contributed by atoms with E-state index < -0.39 is 0 Å². The molecule has 3 aromatic rings. The third kappa shape index (κ3) is 6.04. The van der Waals surface area contributed by atoms with Gasteiger partial charge in [-0.2, -0.15) is 0 Å². The first-order valence-corrected chi connectivity index (χ1v) is 12.5. The molecule has 34 heavy (non-hydrogen) atoms. The minimum atomic E-state index is -0.267. The number of halogens is 1. The maximum absolute atomic E-state index is 13.1. The minimum Gasteiger partial charge on any atom is -0.352 e. The van der Waals surface area contributed by atoms with E-state index in [1.54, 1.807) is 24.3 Å². The molecule has 1 aliphatic carbocycles. The third-order valence-electron chi connectivity index (χ3n) is 5.69. The van der Waals surface area contributed by atoms with Crippen LogP contribution >= 0.6 is 22.9 Å². The van der Waals surface area contributed by atoms with Crippen LogP contribution in [-0.2, 0) is 24.2 Å². The standard InChI is InChI=1S/C26H26ClN3O3S/c27-19-12-10-18(11-13-19)24(32)28-15-14-22(31)30-26-23(20-8-4-5-9-21(20)34-26)25(33)29-16-17-6-2-1-3-7-17/h1-3,6-7,10-13H,4-5,8-9,14-16H2,(H,28,32)(H,29,33)(H,30,31). The minimum absolute atomic E-state index is 0.104. The van der Waals surface area contributed by atoms with Crippen LogP contribution in [0.5, 0.6) is 0 Å². The van der Waals surface area contributed by atoms with Crippen LogP contribution in [0.25, 0.3) is 0 Å². The molecular formula is C26H26ClN3O3S. The SMILES string of the molecule is O=C(CCNC(=O)c1ccc(Cl)cc1)Nc1sc2c(c1C(=O)NCc1ccccc1)CCCC2. The molecule has 0 fully saturated rings. The number of thiophene rings is 1. The molecule has 8 heteroatoms. The summed E-state index contributed by atoms with van der Waals surface area (Å²) in [6.07, 6.45) is 3.99. The summed E-state index contributed by atoms with van der Waals surface area (Å²) >= 11 is 7.34. The molecule has 1 aliphatic rings. The number of carbonyl (C=O) groups excluding carboxylic acids is 3. The molecule has 3 amide bonds. The van der Waals surface area contributed by atoms with Gasteiger partial charge in [0.2, 0.25) is 5.91 Å². The van der Waals surface area contributed by atoms with E-state index in [1.807, 2.05) is 30.3 Å². The zero-order valence-electron chi connectivity index (χ0n) is 18.7. The number of aryl methyl sites for hydroxylation is 1. The Morgan fingerprint density at radius 3 is 2.38 bits per heavy atom. The first-order chi connectivity index (χ1) is 16.5. The van der Waals surface area contributed by atoms with Gasteiger partial charge in [-0.05, 0) is 61.1 Å². The molecule has 176 valence electrons. The molecular weight excluding hydrogens is 470 g/mol. The zero-order valence-corrected chi connectivity index (χ0v) is 20.2. The molecule has 0 aliphatic heterocycles. The largest absolute Gasteiger partial charge is 0.352 e.